The van der Waals surface area contributed by atoms with Crippen molar-refractivity contribution in [2.45, 2.75) is 91.4 Å². The van der Waals surface area contributed by atoms with E-state index in [9.17, 15) is 4.79 Å². The number of aliphatic imine (C=N–C) groups is 1. The van der Waals surface area contributed by atoms with Gasteiger partial charge in [-0.2, -0.15) is 0 Å². The van der Waals surface area contributed by atoms with E-state index >= 15 is 0 Å². The van der Waals surface area contributed by atoms with E-state index in [1.165, 1.54) is 6.42 Å². The number of carbonyl (C=O) groups is 1. The molecule has 0 aromatic heterocycles. The van der Waals surface area contributed by atoms with E-state index in [0.29, 0.717) is 11.5 Å². The van der Waals surface area contributed by atoms with Gasteiger partial charge in [0.2, 0.25) is 0 Å². The van der Waals surface area contributed by atoms with Crippen LogP contribution in [0.3, 0.4) is 0 Å². The lowest BCUT2D eigenvalue weighted by atomic mass is 9.76. The van der Waals surface area contributed by atoms with Crippen molar-refractivity contribution in [2.24, 2.45) is 10.9 Å². The van der Waals surface area contributed by atoms with Crippen LogP contribution >= 0.6 is 0 Å². The standard InChI is InChI=1S/C26H41BN2O3/c1-10-14-22(27-31-25(5,6)26(7,8)32-27)18-21(17-20(4)28-9)24(30)29(11-2)23-16-13-12-15-19(23)3/h10-11,14,17-19,23H,2,12-13,15-16H2,1,3-9H3/b14-10+,21-17+,22-18+,28-20?. The van der Waals surface area contributed by atoms with Crippen LogP contribution in [0.2, 0.25) is 0 Å². The Morgan fingerprint density at radius 1 is 1.12 bits per heavy atom. The zero-order valence-electron chi connectivity index (χ0n) is 21.3. The van der Waals surface area contributed by atoms with Gasteiger partial charge in [-0.3, -0.25) is 9.79 Å². The summed E-state index contributed by atoms with van der Waals surface area (Å²) in [4.78, 5) is 19.8. The minimum absolute atomic E-state index is 0.0692. The third-order valence-electron chi connectivity index (χ3n) is 7.03. The summed E-state index contributed by atoms with van der Waals surface area (Å²) in [5, 5.41) is 0. The Balaban J connectivity index is 2.48. The van der Waals surface area contributed by atoms with Crippen molar-refractivity contribution in [3.05, 3.63) is 48.1 Å². The van der Waals surface area contributed by atoms with Gasteiger partial charge in [0, 0.05) is 30.6 Å². The van der Waals surface area contributed by atoms with E-state index in [2.05, 4.69) is 18.5 Å². The molecule has 2 fully saturated rings. The maximum atomic E-state index is 13.8. The molecule has 6 heteroatoms. The molecule has 0 bridgehead atoms. The lowest BCUT2D eigenvalue weighted by molar-refractivity contribution is -0.127. The van der Waals surface area contributed by atoms with Crippen LogP contribution in [-0.4, -0.2) is 47.9 Å². The molecule has 1 aliphatic carbocycles. The molecule has 0 aromatic carbocycles. The molecule has 0 radical (unpaired) electrons. The normalized spacial score (nSPS) is 26.5. The largest absolute Gasteiger partial charge is 0.494 e. The Hall–Kier alpha value is -1.92. The van der Waals surface area contributed by atoms with Crippen LogP contribution in [-0.2, 0) is 14.1 Å². The third-order valence-corrected chi connectivity index (χ3v) is 7.03. The van der Waals surface area contributed by atoms with Crippen LogP contribution < -0.4 is 0 Å². The molecule has 5 nitrogen and oxygen atoms in total. The summed E-state index contributed by atoms with van der Waals surface area (Å²) in [5.74, 6) is 0.371. The van der Waals surface area contributed by atoms with Gasteiger partial charge in [0.05, 0.1) is 11.2 Å². The van der Waals surface area contributed by atoms with Gasteiger partial charge in [0.1, 0.15) is 0 Å². The molecule has 32 heavy (non-hydrogen) atoms. The quantitative estimate of drug-likeness (QED) is 0.221. The Morgan fingerprint density at radius 3 is 2.22 bits per heavy atom. The molecule has 1 saturated carbocycles. The number of allylic oxidation sites excluding steroid dienone is 4. The van der Waals surface area contributed by atoms with Crippen molar-refractivity contribution in [1.82, 2.24) is 4.90 Å². The molecule has 1 heterocycles. The predicted molar refractivity (Wildman–Crippen MR) is 135 cm³/mol. The summed E-state index contributed by atoms with van der Waals surface area (Å²) < 4.78 is 12.5. The maximum Gasteiger partial charge on any atom is 0.494 e. The first-order valence-corrected chi connectivity index (χ1v) is 11.8. The molecular formula is C26H41BN2O3. The number of carbonyl (C=O) groups excluding carboxylic acids is 1. The lowest BCUT2D eigenvalue weighted by Gasteiger charge is -2.36. The SMILES string of the molecule is C=CN(C(=O)C(/C=C(\C=C\C)B1OC(C)(C)C(C)(C)O1)=C/C(C)=NC)C1CCCCC1C. The van der Waals surface area contributed by atoms with E-state index in [0.717, 1.165) is 30.4 Å². The predicted octanol–water partition coefficient (Wildman–Crippen LogP) is 5.69. The highest BCUT2D eigenvalue weighted by atomic mass is 16.7. The van der Waals surface area contributed by atoms with E-state index in [1.807, 2.05) is 70.7 Å². The van der Waals surface area contributed by atoms with E-state index in [1.54, 1.807) is 13.2 Å². The van der Waals surface area contributed by atoms with Crippen molar-refractivity contribution in [1.29, 1.82) is 0 Å². The van der Waals surface area contributed by atoms with Crippen molar-refractivity contribution >= 4 is 18.7 Å². The molecule has 0 aromatic rings. The highest BCUT2D eigenvalue weighted by Gasteiger charge is 2.52. The smallest absolute Gasteiger partial charge is 0.399 e. The topological polar surface area (TPSA) is 51.1 Å². The molecule has 2 unspecified atom stereocenters. The van der Waals surface area contributed by atoms with Crippen LogP contribution in [0.5, 0.6) is 0 Å². The minimum atomic E-state index is -0.558. The first-order valence-electron chi connectivity index (χ1n) is 11.8. The Bertz CT molecular complexity index is 807. The Labute approximate surface area is 195 Å². The zero-order chi connectivity index (χ0) is 24.1. The van der Waals surface area contributed by atoms with Gasteiger partial charge in [0.15, 0.2) is 0 Å². The first-order chi connectivity index (χ1) is 15.0. The Morgan fingerprint density at radius 2 is 1.72 bits per heavy atom. The molecule has 176 valence electrons. The highest BCUT2D eigenvalue weighted by molar-refractivity contribution is 6.55. The van der Waals surface area contributed by atoms with Crippen LogP contribution in [0.1, 0.15) is 74.1 Å². The van der Waals surface area contributed by atoms with Crippen LogP contribution in [0.4, 0.5) is 0 Å². The van der Waals surface area contributed by atoms with E-state index in [4.69, 9.17) is 9.31 Å². The summed E-state index contributed by atoms with van der Waals surface area (Å²) in [6, 6.07) is 0.159. The number of rotatable bonds is 7. The zero-order valence-corrected chi connectivity index (χ0v) is 21.3. The molecule has 2 aliphatic rings. The average Bonchev–Trinajstić information content (AvgIpc) is 2.95. The van der Waals surface area contributed by atoms with Gasteiger partial charge in [-0.1, -0.05) is 38.5 Å². The van der Waals surface area contributed by atoms with Crippen LogP contribution in [0, 0.1) is 5.92 Å². The van der Waals surface area contributed by atoms with Crippen LogP contribution in [0.25, 0.3) is 0 Å². The van der Waals surface area contributed by atoms with Gasteiger partial charge in [0.25, 0.3) is 5.91 Å². The number of amides is 1. The summed E-state index contributed by atoms with van der Waals surface area (Å²) >= 11 is 0. The first kappa shape index (κ1) is 26.3. The lowest BCUT2D eigenvalue weighted by Crippen LogP contribution is -2.42. The molecule has 2 rings (SSSR count). The molecule has 0 N–H and O–H groups in total. The molecule has 1 amide bonds. The molecule has 1 aliphatic heterocycles. The number of hydrogen-bond acceptors (Lipinski definition) is 4. The summed E-state index contributed by atoms with van der Waals surface area (Å²) in [7, 11) is 1.17. The monoisotopic (exact) mass is 440 g/mol. The van der Waals surface area contributed by atoms with Gasteiger partial charge in [-0.25, -0.2) is 0 Å². The fourth-order valence-electron chi connectivity index (χ4n) is 4.23. The molecule has 2 atom stereocenters. The van der Waals surface area contributed by atoms with Gasteiger partial charge >= 0.3 is 7.12 Å². The number of nitrogens with zero attached hydrogens (tertiary/aromatic N) is 2. The van der Waals surface area contributed by atoms with Crippen molar-refractivity contribution in [3.63, 3.8) is 0 Å². The minimum Gasteiger partial charge on any atom is -0.399 e. The molecule has 1 saturated heterocycles. The highest BCUT2D eigenvalue weighted by Crippen LogP contribution is 2.39. The third kappa shape index (κ3) is 5.90. The summed E-state index contributed by atoms with van der Waals surface area (Å²) in [6.07, 6.45) is 13.8. The van der Waals surface area contributed by atoms with Gasteiger partial charge in [-0.05, 0) is 77.9 Å². The average molecular weight is 440 g/mol. The summed E-state index contributed by atoms with van der Waals surface area (Å²) in [6.45, 7) is 18.1. The van der Waals surface area contributed by atoms with Gasteiger partial charge < -0.3 is 14.2 Å². The van der Waals surface area contributed by atoms with Crippen molar-refractivity contribution in [2.75, 3.05) is 7.05 Å². The Kier molecular flexibility index (Phi) is 8.89. The van der Waals surface area contributed by atoms with E-state index < -0.39 is 18.3 Å². The molecule has 0 spiro atoms. The second-order valence-electron chi connectivity index (χ2n) is 9.92. The van der Waals surface area contributed by atoms with Crippen LogP contribution in [0.15, 0.2) is 53.1 Å². The van der Waals surface area contributed by atoms with E-state index in [-0.39, 0.29) is 11.9 Å². The van der Waals surface area contributed by atoms with Crippen molar-refractivity contribution in [3.8, 4) is 0 Å². The fourth-order valence-corrected chi connectivity index (χ4v) is 4.23. The second kappa shape index (κ2) is 10.8. The maximum absolute atomic E-state index is 13.8. The summed E-state index contributed by atoms with van der Waals surface area (Å²) in [5.41, 5.74) is 1.21. The van der Waals surface area contributed by atoms with Crippen molar-refractivity contribution < 1.29 is 14.1 Å². The van der Waals surface area contributed by atoms with Gasteiger partial charge in [-0.15, -0.1) is 0 Å². The molecular weight excluding hydrogens is 399 g/mol. The fraction of sp³-hybridized carbons (Fsp3) is 0.615. The number of hydrogen-bond donors (Lipinski definition) is 0. The second-order valence-corrected chi connectivity index (χ2v) is 9.92.